The maximum absolute atomic E-state index is 4.51. The van der Waals surface area contributed by atoms with Crippen molar-refractivity contribution in [3.63, 3.8) is 0 Å². The predicted octanol–water partition coefficient (Wildman–Crippen LogP) is -0.657. The number of fused-ring (bicyclic) bond motifs is 1. The molecular formula is C17H21IN4. The first-order valence-corrected chi connectivity index (χ1v) is 7.24. The fraction of sp³-hybridized carbons (Fsp3) is 0.294. The van der Waals surface area contributed by atoms with Gasteiger partial charge in [-0.2, -0.15) is 0 Å². The summed E-state index contributed by atoms with van der Waals surface area (Å²) in [7, 11) is 4.11. The molecule has 0 atom stereocenters. The van der Waals surface area contributed by atoms with Gasteiger partial charge in [0.2, 0.25) is 0 Å². The lowest BCUT2D eigenvalue weighted by Gasteiger charge is -2.11. The molecule has 0 amide bonds. The van der Waals surface area contributed by atoms with Crippen LogP contribution in [0.2, 0.25) is 0 Å². The van der Waals surface area contributed by atoms with E-state index in [2.05, 4.69) is 76.3 Å². The molecule has 0 saturated heterocycles. The Kier molecular flexibility index (Phi) is 5.39. The van der Waals surface area contributed by atoms with Gasteiger partial charge in [-0.15, -0.1) is 0 Å². The molecule has 2 aromatic rings. The van der Waals surface area contributed by atoms with Crippen LogP contribution < -0.4 is 38.8 Å². The monoisotopic (exact) mass is 408 g/mol. The molecule has 0 aliphatic carbocycles. The first-order valence-electron chi connectivity index (χ1n) is 7.24. The summed E-state index contributed by atoms with van der Waals surface area (Å²) in [5.74, 6) is 0.970. The molecule has 1 aromatic heterocycles. The van der Waals surface area contributed by atoms with E-state index in [-0.39, 0.29) is 24.0 Å². The summed E-state index contributed by atoms with van der Waals surface area (Å²) in [5.41, 5.74) is 4.65. The molecule has 22 heavy (non-hydrogen) atoms. The first-order chi connectivity index (χ1) is 10.1. The summed E-state index contributed by atoms with van der Waals surface area (Å²) in [4.78, 5) is 6.62. The molecule has 1 N–H and O–H groups in total. The number of hydrogen-bond donors (Lipinski definition) is 1. The van der Waals surface area contributed by atoms with Crippen LogP contribution in [0.4, 0.5) is 11.6 Å². The molecule has 2 heterocycles. The van der Waals surface area contributed by atoms with Crippen LogP contribution in [0.5, 0.6) is 0 Å². The standard InChI is InChI=1S/C17H20N4.HI/c1-13-12-16(21-11-10-18-17(21)19-13)9-6-14-4-7-15(8-5-14)20(2)3;/h4-9,12H,10-11H2,1-3H3;1H/b9-6+;. The molecule has 0 saturated carbocycles. The van der Waals surface area contributed by atoms with E-state index in [0.29, 0.717) is 0 Å². The second-order valence-electron chi connectivity index (χ2n) is 5.54. The third kappa shape index (κ3) is 3.58. The third-order valence-electron chi connectivity index (χ3n) is 3.68. The van der Waals surface area contributed by atoms with Gasteiger partial charge in [-0.25, -0.2) is 4.57 Å². The van der Waals surface area contributed by atoms with Crippen molar-refractivity contribution >= 4 is 23.8 Å². The average Bonchev–Trinajstić information content (AvgIpc) is 2.93. The Bertz CT molecular complexity index is 678. The normalized spacial score (nSPS) is 12.7. The second-order valence-corrected chi connectivity index (χ2v) is 5.54. The quantitative estimate of drug-likeness (QED) is 0.541. The molecule has 0 radical (unpaired) electrons. The molecule has 3 rings (SSSR count). The number of hydrogen-bond acceptors (Lipinski definition) is 3. The summed E-state index contributed by atoms with van der Waals surface area (Å²) in [6.45, 7) is 3.96. The molecule has 0 spiro atoms. The number of rotatable bonds is 3. The van der Waals surface area contributed by atoms with E-state index in [9.17, 15) is 0 Å². The van der Waals surface area contributed by atoms with Crippen molar-refractivity contribution in [3.05, 3.63) is 47.3 Å². The molecule has 1 aliphatic heterocycles. The van der Waals surface area contributed by atoms with Gasteiger partial charge in [-0.05, 0) is 30.7 Å². The van der Waals surface area contributed by atoms with Crippen LogP contribution in [0.15, 0.2) is 30.3 Å². The Labute approximate surface area is 148 Å². The highest BCUT2D eigenvalue weighted by Gasteiger charge is 2.21. The highest BCUT2D eigenvalue weighted by molar-refractivity contribution is 5.68. The molecule has 1 aliphatic rings. The number of benzene rings is 1. The molecule has 116 valence electrons. The maximum atomic E-state index is 4.51. The molecular weight excluding hydrogens is 387 g/mol. The fourth-order valence-electron chi connectivity index (χ4n) is 2.53. The first kappa shape index (κ1) is 16.7. The zero-order valence-corrected chi connectivity index (χ0v) is 15.3. The number of nitrogens with one attached hydrogen (secondary N) is 1. The predicted molar refractivity (Wildman–Crippen MR) is 87.4 cm³/mol. The van der Waals surface area contributed by atoms with Gasteiger partial charge in [0.25, 0.3) is 0 Å². The lowest BCUT2D eigenvalue weighted by molar-refractivity contribution is -0.674. The van der Waals surface area contributed by atoms with E-state index in [1.54, 1.807) is 0 Å². The van der Waals surface area contributed by atoms with Gasteiger partial charge in [0.05, 0.1) is 6.54 Å². The molecule has 0 fully saturated rings. The highest BCUT2D eigenvalue weighted by Crippen LogP contribution is 2.15. The van der Waals surface area contributed by atoms with Crippen LogP contribution in [0.3, 0.4) is 0 Å². The van der Waals surface area contributed by atoms with Gasteiger partial charge >= 0.3 is 5.95 Å². The van der Waals surface area contributed by atoms with Gasteiger partial charge < -0.3 is 28.9 Å². The van der Waals surface area contributed by atoms with Gasteiger partial charge in [0, 0.05) is 25.8 Å². The minimum Gasteiger partial charge on any atom is -1.00 e. The van der Waals surface area contributed by atoms with E-state index >= 15 is 0 Å². The Hall–Kier alpha value is -1.63. The van der Waals surface area contributed by atoms with E-state index in [4.69, 9.17) is 0 Å². The summed E-state index contributed by atoms with van der Waals surface area (Å²) in [6, 6.07) is 10.7. The maximum Gasteiger partial charge on any atom is 0.392 e. The van der Waals surface area contributed by atoms with Crippen LogP contribution >= 0.6 is 0 Å². The SMILES string of the molecule is Cc1cc(/C=C/c2ccc(N(C)C)cc2)[n+]2c(n1)NCC2.[I-]. The van der Waals surface area contributed by atoms with E-state index < -0.39 is 0 Å². The fourth-order valence-corrected chi connectivity index (χ4v) is 2.53. The Morgan fingerprint density at radius 2 is 1.91 bits per heavy atom. The summed E-state index contributed by atoms with van der Waals surface area (Å²) in [5, 5.41) is 3.31. The Balaban J connectivity index is 0.00000176. The van der Waals surface area contributed by atoms with Crippen LogP contribution in [0.25, 0.3) is 12.2 Å². The van der Waals surface area contributed by atoms with Crippen molar-refractivity contribution in [1.82, 2.24) is 4.98 Å². The van der Waals surface area contributed by atoms with Crippen LogP contribution in [-0.2, 0) is 6.54 Å². The number of halogens is 1. The highest BCUT2D eigenvalue weighted by atomic mass is 127. The van der Waals surface area contributed by atoms with Crippen molar-refractivity contribution in [2.45, 2.75) is 13.5 Å². The van der Waals surface area contributed by atoms with Crippen molar-refractivity contribution in [1.29, 1.82) is 0 Å². The smallest absolute Gasteiger partial charge is 0.392 e. The molecule has 4 nitrogen and oxygen atoms in total. The second kappa shape index (κ2) is 7.09. The van der Waals surface area contributed by atoms with Crippen molar-refractivity contribution in [2.24, 2.45) is 0 Å². The summed E-state index contributed by atoms with van der Waals surface area (Å²) >= 11 is 0. The van der Waals surface area contributed by atoms with Gasteiger partial charge in [0.15, 0.2) is 0 Å². The summed E-state index contributed by atoms with van der Waals surface area (Å²) < 4.78 is 2.22. The zero-order chi connectivity index (χ0) is 14.8. The lowest BCUT2D eigenvalue weighted by atomic mass is 10.1. The van der Waals surface area contributed by atoms with Crippen molar-refractivity contribution in [3.8, 4) is 0 Å². The van der Waals surface area contributed by atoms with Crippen LogP contribution in [0.1, 0.15) is 17.0 Å². The summed E-state index contributed by atoms with van der Waals surface area (Å²) in [6.07, 6.45) is 4.32. The third-order valence-corrected chi connectivity index (χ3v) is 3.68. The topological polar surface area (TPSA) is 32.0 Å². The Morgan fingerprint density at radius 3 is 2.59 bits per heavy atom. The van der Waals surface area contributed by atoms with E-state index in [1.807, 2.05) is 6.92 Å². The molecule has 0 unspecified atom stereocenters. The van der Waals surface area contributed by atoms with Crippen molar-refractivity contribution < 1.29 is 28.5 Å². The van der Waals surface area contributed by atoms with Gasteiger partial charge in [-0.3, -0.25) is 5.32 Å². The minimum atomic E-state index is 0. The van der Waals surface area contributed by atoms with Crippen molar-refractivity contribution in [2.75, 3.05) is 30.9 Å². The number of aromatic nitrogens is 2. The number of anilines is 2. The molecule has 0 bridgehead atoms. The van der Waals surface area contributed by atoms with Gasteiger partial charge in [-0.1, -0.05) is 23.2 Å². The largest absolute Gasteiger partial charge is 1.00 e. The average molecular weight is 408 g/mol. The Morgan fingerprint density at radius 1 is 1.18 bits per heavy atom. The molecule has 1 aromatic carbocycles. The number of nitrogens with zero attached hydrogens (tertiary/aromatic N) is 3. The van der Waals surface area contributed by atoms with E-state index in [1.165, 1.54) is 16.9 Å². The molecule has 5 heteroatoms. The van der Waals surface area contributed by atoms with E-state index in [0.717, 1.165) is 24.7 Å². The van der Waals surface area contributed by atoms with Gasteiger partial charge in [0.1, 0.15) is 17.9 Å². The minimum absolute atomic E-state index is 0. The zero-order valence-electron chi connectivity index (χ0n) is 13.2. The van der Waals surface area contributed by atoms with Crippen LogP contribution in [0, 0.1) is 6.92 Å². The lowest BCUT2D eigenvalue weighted by Crippen LogP contribution is -3.00. The van der Waals surface area contributed by atoms with Crippen LogP contribution in [-0.4, -0.2) is 25.6 Å². The number of aryl methyl sites for hydroxylation is 1.